The molecule has 3 heterocycles. The summed E-state index contributed by atoms with van der Waals surface area (Å²) in [5, 5.41) is 19.0. The van der Waals surface area contributed by atoms with Crippen molar-refractivity contribution in [3.63, 3.8) is 0 Å². The van der Waals surface area contributed by atoms with E-state index in [1.807, 2.05) is 30.3 Å². The molecule has 0 atom stereocenters. The number of benzene rings is 1. The maximum atomic E-state index is 12.0. The number of ether oxygens (including phenoxy) is 3. The van der Waals surface area contributed by atoms with Crippen LogP contribution in [0.4, 0.5) is 5.82 Å². The highest BCUT2D eigenvalue weighted by Gasteiger charge is 2.14. The number of anilines is 1. The van der Waals surface area contributed by atoms with E-state index in [0.29, 0.717) is 49.8 Å². The van der Waals surface area contributed by atoms with E-state index in [4.69, 9.17) is 14.2 Å². The molecule has 1 amide bonds. The van der Waals surface area contributed by atoms with Gasteiger partial charge in [-0.1, -0.05) is 6.07 Å². The number of amides is 1. The number of fused-ring (bicyclic) bond motifs is 2. The summed E-state index contributed by atoms with van der Waals surface area (Å²) in [4.78, 5) is 12.0. The minimum absolute atomic E-state index is 0.0278. The summed E-state index contributed by atoms with van der Waals surface area (Å²) in [6, 6.07) is 9.52. The molecular weight excluding hydrogens is 388 g/mol. The molecule has 3 aromatic rings. The Balaban J connectivity index is 1.35. The Hall–Kier alpha value is -3.40. The molecule has 0 fully saturated rings. The molecule has 0 saturated carbocycles. The number of carbonyl (C=O) groups excluding carboxylic acids is 1. The molecule has 0 radical (unpaired) electrons. The highest BCUT2D eigenvalue weighted by atomic mass is 16.7. The minimum Gasteiger partial charge on any atom is -0.454 e. The van der Waals surface area contributed by atoms with Crippen molar-refractivity contribution in [3.05, 3.63) is 41.7 Å². The summed E-state index contributed by atoms with van der Waals surface area (Å²) >= 11 is 0. The second-order valence-electron chi connectivity index (χ2n) is 6.84. The lowest BCUT2D eigenvalue weighted by Gasteiger charge is -2.07. The van der Waals surface area contributed by atoms with Crippen molar-refractivity contribution in [2.45, 2.75) is 25.8 Å². The second-order valence-corrected chi connectivity index (χ2v) is 6.84. The first kappa shape index (κ1) is 19.9. The van der Waals surface area contributed by atoms with E-state index in [-0.39, 0.29) is 12.7 Å². The lowest BCUT2D eigenvalue weighted by molar-refractivity contribution is -0.121. The summed E-state index contributed by atoms with van der Waals surface area (Å²) in [7, 11) is 1.64. The molecule has 0 bridgehead atoms. The highest BCUT2D eigenvalue weighted by molar-refractivity contribution is 5.76. The molecule has 2 aromatic heterocycles. The lowest BCUT2D eigenvalue weighted by Crippen LogP contribution is -2.25. The van der Waals surface area contributed by atoms with Crippen molar-refractivity contribution >= 4 is 17.4 Å². The average Bonchev–Trinajstić information content (AvgIpc) is 3.40. The van der Waals surface area contributed by atoms with Gasteiger partial charge in [0.2, 0.25) is 12.7 Å². The van der Waals surface area contributed by atoms with Gasteiger partial charge in [0.25, 0.3) is 0 Å². The molecule has 0 spiro atoms. The Kier molecular flexibility index (Phi) is 6.23. The number of methoxy groups -OCH3 is 1. The Morgan fingerprint density at radius 2 is 2.10 bits per heavy atom. The number of hydrogen-bond donors (Lipinski definition) is 2. The molecule has 0 aliphatic carbocycles. The van der Waals surface area contributed by atoms with Crippen LogP contribution in [0.3, 0.4) is 0 Å². The fourth-order valence-corrected chi connectivity index (χ4v) is 3.09. The number of nitrogens with one attached hydrogen (secondary N) is 2. The Morgan fingerprint density at radius 3 is 3.00 bits per heavy atom. The zero-order chi connectivity index (χ0) is 20.8. The smallest absolute Gasteiger partial charge is 0.231 e. The van der Waals surface area contributed by atoms with Crippen LogP contribution in [-0.2, 0) is 22.5 Å². The molecule has 1 aliphatic rings. The summed E-state index contributed by atoms with van der Waals surface area (Å²) in [6.07, 6.45) is 1.57. The Bertz CT molecular complexity index is 1020. The van der Waals surface area contributed by atoms with Crippen LogP contribution >= 0.6 is 0 Å². The summed E-state index contributed by atoms with van der Waals surface area (Å²) < 4.78 is 17.4. The third-order valence-electron chi connectivity index (χ3n) is 4.66. The first-order valence-electron chi connectivity index (χ1n) is 9.82. The summed E-state index contributed by atoms with van der Waals surface area (Å²) in [6.45, 7) is 2.06. The first-order chi connectivity index (χ1) is 14.7. The van der Waals surface area contributed by atoms with Gasteiger partial charge in [-0.25, -0.2) is 0 Å². The topological polar surface area (TPSA) is 112 Å². The number of rotatable bonds is 10. The minimum atomic E-state index is -0.0278. The molecule has 2 N–H and O–H groups in total. The SMILES string of the molecule is COCCCNC(=O)CCc1nnc2ccc(NCc3ccc4c(c3)OCO4)nn12. The van der Waals surface area contributed by atoms with Gasteiger partial charge in [0, 0.05) is 39.6 Å². The van der Waals surface area contributed by atoms with Crippen LogP contribution in [-0.4, -0.2) is 52.8 Å². The van der Waals surface area contributed by atoms with E-state index < -0.39 is 0 Å². The monoisotopic (exact) mass is 412 g/mol. The quantitative estimate of drug-likeness (QED) is 0.483. The van der Waals surface area contributed by atoms with Crippen LogP contribution in [0.15, 0.2) is 30.3 Å². The van der Waals surface area contributed by atoms with Crippen molar-refractivity contribution in [1.82, 2.24) is 25.1 Å². The number of nitrogens with zero attached hydrogens (tertiary/aromatic N) is 4. The molecule has 1 aromatic carbocycles. The van der Waals surface area contributed by atoms with Gasteiger partial charge in [-0.05, 0) is 36.2 Å². The molecule has 30 heavy (non-hydrogen) atoms. The van der Waals surface area contributed by atoms with E-state index in [1.165, 1.54) is 0 Å². The summed E-state index contributed by atoms with van der Waals surface area (Å²) in [5.41, 5.74) is 1.69. The van der Waals surface area contributed by atoms with Gasteiger partial charge in [0.1, 0.15) is 5.82 Å². The van der Waals surface area contributed by atoms with Gasteiger partial charge in [-0.3, -0.25) is 4.79 Å². The van der Waals surface area contributed by atoms with Crippen LogP contribution < -0.4 is 20.1 Å². The van der Waals surface area contributed by atoms with Gasteiger partial charge in [0.15, 0.2) is 23.0 Å². The molecule has 10 nitrogen and oxygen atoms in total. The molecule has 158 valence electrons. The third-order valence-corrected chi connectivity index (χ3v) is 4.66. The van der Waals surface area contributed by atoms with Gasteiger partial charge in [-0.15, -0.1) is 15.3 Å². The lowest BCUT2D eigenvalue weighted by atomic mass is 10.2. The first-order valence-corrected chi connectivity index (χ1v) is 9.82. The zero-order valence-electron chi connectivity index (χ0n) is 16.8. The predicted molar refractivity (Wildman–Crippen MR) is 108 cm³/mol. The number of carbonyl (C=O) groups is 1. The second kappa shape index (κ2) is 9.40. The van der Waals surface area contributed by atoms with E-state index in [1.54, 1.807) is 11.6 Å². The van der Waals surface area contributed by atoms with Gasteiger partial charge >= 0.3 is 0 Å². The molecule has 10 heteroatoms. The van der Waals surface area contributed by atoms with Crippen LogP contribution in [0.2, 0.25) is 0 Å². The third kappa shape index (κ3) is 4.77. The van der Waals surface area contributed by atoms with Crippen molar-refractivity contribution in [2.75, 3.05) is 32.4 Å². The molecular formula is C20H24N6O4. The number of hydrogen-bond acceptors (Lipinski definition) is 8. The fourth-order valence-electron chi connectivity index (χ4n) is 3.09. The van der Waals surface area contributed by atoms with Crippen molar-refractivity contribution in [2.24, 2.45) is 0 Å². The normalized spacial score (nSPS) is 12.3. The maximum absolute atomic E-state index is 12.0. The Labute approximate surface area is 173 Å². The van der Waals surface area contributed by atoms with Crippen LogP contribution in [0, 0.1) is 0 Å². The van der Waals surface area contributed by atoms with Gasteiger partial charge in [0.05, 0.1) is 0 Å². The largest absolute Gasteiger partial charge is 0.454 e. The summed E-state index contributed by atoms with van der Waals surface area (Å²) in [5.74, 6) is 2.81. The predicted octanol–water partition coefficient (Wildman–Crippen LogP) is 1.55. The average molecular weight is 412 g/mol. The zero-order valence-corrected chi connectivity index (χ0v) is 16.8. The van der Waals surface area contributed by atoms with Crippen molar-refractivity contribution < 1.29 is 19.0 Å². The van der Waals surface area contributed by atoms with E-state index in [0.717, 1.165) is 23.5 Å². The van der Waals surface area contributed by atoms with Crippen molar-refractivity contribution in [3.8, 4) is 11.5 Å². The van der Waals surface area contributed by atoms with Crippen molar-refractivity contribution in [1.29, 1.82) is 0 Å². The molecule has 0 saturated heterocycles. The van der Waals surface area contributed by atoms with Crippen LogP contribution in [0.25, 0.3) is 5.65 Å². The fraction of sp³-hybridized carbons (Fsp3) is 0.400. The van der Waals surface area contributed by atoms with Crippen LogP contribution in [0.1, 0.15) is 24.2 Å². The Morgan fingerprint density at radius 1 is 1.20 bits per heavy atom. The van der Waals surface area contributed by atoms with Gasteiger partial charge in [-0.2, -0.15) is 4.52 Å². The molecule has 1 aliphatic heterocycles. The van der Waals surface area contributed by atoms with Gasteiger partial charge < -0.3 is 24.8 Å². The highest BCUT2D eigenvalue weighted by Crippen LogP contribution is 2.32. The van der Waals surface area contributed by atoms with E-state index in [2.05, 4.69) is 25.9 Å². The molecule has 0 unspecified atom stereocenters. The van der Waals surface area contributed by atoms with E-state index >= 15 is 0 Å². The molecule has 4 rings (SSSR count). The maximum Gasteiger partial charge on any atom is 0.231 e. The van der Waals surface area contributed by atoms with Crippen LogP contribution in [0.5, 0.6) is 11.5 Å². The van der Waals surface area contributed by atoms with E-state index in [9.17, 15) is 4.79 Å². The number of aromatic nitrogens is 4. The number of aryl methyl sites for hydroxylation is 1. The standard InChI is InChI=1S/C20H24N6O4/c1-28-10-2-9-21-20(27)8-7-19-24-23-18-6-5-17(25-26(18)19)22-12-14-3-4-15-16(11-14)30-13-29-15/h3-6,11H,2,7-10,12-13H2,1H3,(H,21,27)(H,22,25).